The van der Waals surface area contributed by atoms with E-state index in [-0.39, 0.29) is 23.6 Å². The van der Waals surface area contributed by atoms with Crippen LogP contribution in [0.25, 0.3) is 11.3 Å². The lowest BCUT2D eigenvalue weighted by Gasteiger charge is -2.10. The third kappa shape index (κ3) is 6.75. The summed E-state index contributed by atoms with van der Waals surface area (Å²) in [7, 11) is 1.58. The molecule has 0 unspecified atom stereocenters. The molecule has 0 aliphatic rings. The average Bonchev–Trinajstić information content (AvgIpc) is 3.65. The van der Waals surface area contributed by atoms with Crippen LogP contribution in [0.3, 0.4) is 0 Å². The van der Waals surface area contributed by atoms with E-state index in [0.717, 1.165) is 17.8 Å². The lowest BCUT2D eigenvalue weighted by molar-refractivity contribution is -0.137. The molecule has 2 aromatic carbocycles. The summed E-state index contributed by atoms with van der Waals surface area (Å²) in [6.07, 6.45) is -1.53. The monoisotopic (exact) mass is 549 g/mol. The second-order valence-electron chi connectivity index (χ2n) is 8.24. The highest BCUT2D eigenvalue weighted by atomic mass is 19.4. The average molecular weight is 550 g/mol. The molecule has 0 atom stereocenters. The van der Waals surface area contributed by atoms with E-state index in [1.54, 1.807) is 43.7 Å². The van der Waals surface area contributed by atoms with E-state index in [0.29, 0.717) is 29.4 Å². The topological polar surface area (TPSA) is 123 Å². The van der Waals surface area contributed by atoms with E-state index in [9.17, 15) is 13.2 Å². The SMILES string of the molecule is COc1ccc(Nc2nc(NCc3ccco3)nc(N/N=C\c3ccc(-c4cccc(C(F)(F)F)c4)o3)n2)cc1. The number of hydrazone groups is 1. The van der Waals surface area contributed by atoms with Gasteiger partial charge in [-0.15, -0.1) is 0 Å². The molecule has 5 rings (SSSR count). The number of anilines is 4. The van der Waals surface area contributed by atoms with Crippen LogP contribution in [-0.4, -0.2) is 28.3 Å². The zero-order valence-electron chi connectivity index (χ0n) is 20.9. The number of aromatic nitrogens is 3. The maximum atomic E-state index is 13.1. The van der Waals surface area contributed by atoms with Crippen molar-refractivity contribution in [3.63, 3.8) is 0 Å². The zero-order chi connectivity index (χ0) is 28.0. The minimum Gasteiger partial charge on any atom is -0.497 e. The van der Waals surface area contributed by atoms with E-state index >= 15 is 0 Å². The van der Waals surface area contributed by atoms with E-state index in [1.165, 1.54) is 18.3 Å². The maximum Gasteiger partial charge on any atom is 0.416 e. The number of benzene rings is 2. The van der Waals surface area contributed by atoms with Crippen molar-refractivity contribution < 1.29 is 26.7 Å². The first kappa shape index (κ1) is 26.3. The van der Waals surface area contributed by atoms with Crippen LogP contribution in [0.5, 0.6) is 5.75 Å². The van der Waals surface area contributed by atoms with Gasteiger partial charge in [-0.05, 0) is 60.7 Å². The quantitative estimate of drug-likeness (QED) is 0.131. The molecule has 5 aromatic rings. The number of hydrogen-bond donors (Lipinski definition) is 3. The first-order valence-corrected chi connectivity index (χ1v) is 11.9. The van der Waals surface area contributed by atoms with Gasteiger partial charge in [0.25, 0.3) is 0 Å². The van der Waals surface area contributed by atoms with Gasteiger partial charge in [-0.2, -0.15) is 33.2 Å². The fraction of sp³-hybridized carbons (Fsp3) is 0.111. The molecule has 3 N–H and O–H groups in total. The number of methoxy groups -OCH3 is 1. The molecule has 0 fully saturated rings. The van der Waals surface area contributed by atoms with Gasteiger partial charge in [-0.1, -0.05) is 12.1 Å². The summed E-state index contributed by atoms with van der Waals surface area (Å²) < 4.78 is 55.3. The highest BCUT2D eigenvalue weighted by molar-refractivity contribution is 5.78. The van der Waals surface area contributed by atoms with E-state index in [1.807, 2.05) is 18.2 Å². The fourth-order valence-corrected chi connectivity index (χ4v) is 3.52. The fourth-order valence-electron chi connectivity index (χ4n) is 3.52. The van der Waals surface area contributed by atoms with Gasteiger partial charge in [0, 0.05) is 11.3 Å². The van der Waals surface area contributed by atoms with Gasteiger partial charge in [-0.3, -0.25) is 0 Å². The standard InChI is InChI=1S/C27H22F3N7O3/c1-38-20-9-7-19(8-10-20)33-25-34-24(31-15-21-6-3-13-39-21)35-26(36-25)37-32-16-22-11-12-23(40-22)17-4-2-5-18(14-17)27(28,29)30/h2-14,16H,15H2,1H3,(H3,31,33,34,35,36,37)/b32-16-. The van der Waals surface area contributed by atoms with Gasteiger partial charge in [0.1, 0.15) is 23.0 Å². The van der Waals surface area contributed by atoms with Crippen molar-refractivity contribution >= 4 is 29.7 Å². The van der Waals surface area contributed by atoms with Crippen molar-refractivity contribution in [2.45, 2.75) is 12.7 Å². The Balaban J connectivity index is 1.31. The molecule has 0 amide bonds. The molecule has 13 heteroatoms. The Morgan fingerprint density at radius 3 is 2.48 bits per heavy atom. The van der Waals surface area contributed by atoms with Gasteiger partial charge in [0.05, 0.1) is 31.7 Å². The Bertz CT molecular complexity index is 1580. The van der Waals surface area contributed by atoms with Crippen LogP contribution in [0.4, 0.5) is 36.7 Å². The van der Waals surface area contributed by atoms with Crippen molar-refractivity contribution in [3.8, 4) is 17.1 Å². The first-order chi connectivity index (χ1) is 19.4. The normalized spacial score (nSPS) is 11.5. The Hall–Kier alpha value is -5.33. The number of nitrogens with zero attached hydrogens (tertiary/aromatic N) is 4. The number of hydrogen-bond acceptors (Lipinski definition) is 10. The van der Waals surface area contributed by atoms with Gasteiger partial charge >= 0.3 is 6.18 Å². The summed E-state index contributed by atoms with van der Waals surface area (Å²) in [4.78, 5) is 13.1. The van der Waals surface area contributed by atoms with Gasteiger partial charge in [0.15, 0.2) is 0 Å². The molecule has 10 nitrogen and oxygen atoms in total. The number of halogens is 3. The first-order valence-electron chi connectivity index (χ1n) is 11.9. The molecule has 0 saturated carbocycles. The number of ether oxygens (including phenoxy) is 1. The van der Waals surface area contributed by atoms with E-state index in [4.69, 9.17) is 13.6 Å². The molecule has 3 aromatic heterocycles. The molecule has 204 valence electrons. The smallest absolute Gasteiger partial charge is 0.416 e. The van der Waals surface area contributed by atoms with Crippen LogP contribution in [0, 0.1) is 0 Å². The van der Waals surface area contributed by atoms with Gasteiger partial charge in [-0.25, -0.2) is 5.43 Å². The molecular formula is C27H22F3N7O3. The lowest BCUT2D eigenvalue weighted by Crippen LogP contribution is -2.09. The lowest BCUT2D eigenvalue weighted by atomic mass is 10.1. The summed E-state index contributed by atoms with van der Waals surface area (Å²) in [5.41, 5.74) is 2.98. The molecule has 0 saturated heterocycles. The van der Waals surface area contributed by atoms with Gasteiger partial charge < -0.3 is 24.2 Å². The Kier molecular flexibility index (Phi) is 7.62. The maximum absolute atomic E-state index is 13.1. The van der Waals surface area contributed by atoms with Crippen LogP contribution < -0.4 is 20.8 Å². The van der Waals surface area contributed by atoms with Crippen molar-refractivity contribution in [3.05, 3.63) is 96.1 Å². The summed E-state index contributed by atoms with van der Waals surface area (Å²) >= 11 is 0. The summed E-state index contributed by atoms with van der Waals surface area (Å²) in [6.45, 7) is 0.340. The number of alkyl halides is 3. The van der Waals surface area contributed by atoms with Crippen LogP contribution in [0.2, 0.25) is 0 Å². The molecular weight excluding hydrogens is 527 g/mol. The number of rotatable bonds is 10. The Morgan fingerprint density at radius 1 is 0.925 bits per heavy atom. The minimum absolute atomic E-state index is 0.119. The summed E-state index contributed by atoms with van der Waals surface area (Å²) in [5.74, 6) is 2.58. The second kappa shape index (κ2) is 11.6. The zero-order valence-corrected chi connectivity index (χ0v) is 20.9. The Morgan fingerprint density at radius 2 is 1.73 bits per heavy atom. The highest BCUT2D eigenvalue weighted by Gasteiger charge is 2.30. The van der Waals surface area contributed by atoms with E-state index in [2.05, 4.69) is 36.1 Å². The van der Waals surface area contributed by atoms with Crippen molar-refractivity contribution in [2.24, 2.45) is 5.10 Å². The molecule has 0 radical (unpaired) electrons. The van der Waals surface area contributed by atoms with Crippen LogP contribution in [0.15, 0.2) is 93.0 Å². The highest BCUT2D eigenvalue weighted by Crippen LogP contribution is 2.32. The molecule has 40 heavy (non-hydrogen) atoms. The third-order valence-electron chi connectivity index (χ3n) is 5.44. The van der Waals surface area contributed by atoms with E-state index < -0.39 is 11.7 Å². The molecule has 0 bridgehead atoms. The van der Waals surface area contributed by atoms with Crippen molar-refractivity contribution in [2.75, 3.05) is 23.2 Å². The molecule has 0 aliphatic heterocycles. The summed E-state index contributed by atoms with van der Waals surface area (Å²) in [5, 5.41) is 10.3. The molecule has 3 heterocycles. The Labute approximate surface area is 225 Å². The molecule has 0 spiro atoms. The van der Waals surface area contributed by atoms with Crippen LogP contribution in [0.1, 0.15) is 17.1 Å². The number of nitrogens with one attached hydrogen (secondary N) is 3. The number of furan rings is 2. The second-order valence-corrected chi connectivity index (χ2v) is 8.24. The predicted octanol–water partition coefficient (Wildman–Crippen LogP) is 6.55. The predicted molar refractivity (Wildman–Crippen MR) is 143 cm³/mol. The third-order valence-corrected chi connectivity index (χ3v) is 5.44. The van der Waals surface area contributed by atoms with Crippen molar-refractivity contribution in [1.29, 1.82) is 0 Å². The summed E-state index contributed by atoms with van der Waals surface area (Å²) in [6, 6.07) is 18.8. The van der Waals surface area contributed by atoms with Gasteiger partial charge in [0.2, 0.25) is 17.8 Å². The van der Waals surface area contributed by atoms with Crippen LogP contribution in [-0.2, 0) is 12.7 Å². The minimum atomic E-state index is -4.45. The van der Waals surface area contributed by atoms with Crippen LogP contribution >= 0.6 is 0 Å². The van der Waals surface area contributed by atoms with Crippen molar-refractivity contribution in [1.82, 2.24) is 15.0 Å². The largest absolute Gasteiger partial charge is 0.497 e. The molecule has 0 aliphatic carbocycles.